The lowest BCUT2D eigenvalue weighted by molar-refractivity contribution is 0.100. The summed E-state index contributed by atoms with van der Waals surface area (Å²) >= 11 is 0. The number of hydrogen-bond donors (Lipinski definition) is 1. The Bertz CT molecular complexity index is 437. The van der Waals surface area contributed by atoms with Gasteiger partial charge >= 0.3 is 0 Å². The quantitative estimate of drug-likeness (QED) is 0.897. The van der Waals surface area contributed by atoms with Gasteiger partial charge in [-0.1, -0.05) is 32.9 Å². The predicted molar refractivity (Wildman–Crippen MR) is 86.2 cm³/mol. The number of methoxy groups -OCH3 is 1. The van der Waals surface area contributed by atoms with E-state index in [1.54, 1.807) is 7.11 Å². The number of aryl methyl sites for hydroxylation is 1. The standard InChI is InChI=1S/C17H30N2O/c1-12-10-14(8-9-16(12)20-7)15(11-18)19(6)13(2)17(3,4)5/h8-10,13,15H,11,18H2,1-7H3. The molecule has 0 saturated heterocycles. The summed E-state index contributed by atoms with van der Waals surface area (Å²) < 4.78 is 5.33. The topological polar surface area (TPSA) is 38.5 Å². The SMILES string of the molecule is COc1ccc(C(CN)N(C)C(C)C(C)(C)C)cc1C. The molecule has 0 aromatic heterocycles. The highest BCUT2D eigenvalue weighted by Crippen LogP contribution is 2.31. The van der Waals surface area contributed by atoms with Crippen LogP contribution in [0.15, 0.2) is 18.2 Å². The molecule has 0 saturated carbocycles. The average molecular weight is 278 g/mol. The van der Waals surface area contributed by atoms with Gasteiger partial charge in [-0.2, -0.15) is 0 Å². The molecule has 2 unspecified atom stereocenters. The molecule has 1 aromatic rings. The van der Waals surface area contributed by atoms with E-state index in [0.717, 1.165) is 11.3 Å². The number of nitrogens with two attached hydrogens (primary N) is 1. The molecule has 0 aliphatic rings. The lowest BCUT2D eigenvalue weighted by Crippen LogP contribution is -2.43. The molecule has 2 atom stereocenters. The Morgan fingerprint density at radius 1 is 1.30 bits per heavy atom. The largest absolute Gasteiger partial charge is 0.496 e. The van der Waals surface area contributed by atoms with Crippen LogP contribution in [0.25, 0.3) is 0 Å². The first kappa shape index (κ1) is 17.0. The summed E-state index contributed by atoms with van der Waals surface area (Å²) in [6, 6.07) is 7.01. The van der Waals surface area contributed by atoms with Crippen LogP contribution >= 0.6 is 0 Å². The van der Waals surface area contributed by atoms with Crippen molar-refractivity contribution in [2.24, 2.45) is 11.1 Å². The predicted octanol–water partition coefficient (Wildman–Crippen LogP) is 3.37. The van der Waals surface area contributed by atoms with Gasteiger partial charge in [0.15, 0.2) is 0 Å². The third-order valence-electron chi connectivity index (χ3n) is 4.38. The zero-order valence-electron chi connectivity index (χ0n) is 14.0. The normalized spacial score (nSPS) is 15.2. The summed E-state index contributed by atoms with van der Waals surface area (Å²) in [5.74, 6) is 0.927. The summed E-state index contributed by atoms with van der Waals surface area (Å²) in [6.07, 6.45) is 0. The van der Waals surface area contributed by atoms with E-state index in [0.29, 0.717) is 12.6 Å². The third-order valence-corrected chi connectivity index (χ3v) is 4.38. The van der Waals surface area contributed by atoms with E-state index in [2.05, 4.69) is 58.7 Å². The maximum atomic E-state index is 6.03. The van der Waals surface area contributed by atoms with Crippen molar-refractivity contribution in [2.45, 2.75) is 46.7 Å². The minimum Gasteiger partial charge on any atom is -0.496 e. The average Bonchev–Trinajstić information content (AvgIpc) is 2.37. The van der Waals surface area contributed by atoms with Crippen molar-refractivity contribution >= 4 is 0 Å². The minimum absolute atomic E-state index is 0.226. The third kappa shape index (κ3) is 3.74. The number of nitrogens with zero attached hydrogens (tertiary/aromatic N) is 1. The molecule has 0 radical (unpaired) electrons. The molecule has 114 valence electrons. The van der Waals surface area contributed by atoms with Gasteiger partial charge in [-0.25, -0.2) is 0 Å². The van der Waals surface area contributed by atoms with E-state index < -0.39 is 0 Å². The molecule has 0 amide bonds. The monoisotopic (exact) mass is 278 g/mol. The van der Waals surface area contributed by atoms with Gasteiger partial charge in [-0.15, -0.1) is 0 Å². The number of ether oxygens (including phenoxy) is 1. The molecule has 0 fully saturated rings. The summed E-state index contributed by atoms with van der Waals surface area (Å²) in [5.41, 5.74) is 8.67. The zero-order chi connectivity index (χ0) is 15.5. The first-order valence-corrected chi connectivity index (χ1v) is 7.29. The van der Waals surface area contributed by atoms with Crippen LogP contribution in [0.2, 0.25) is 0 Å². The zero-order valence-corrected chi connectivity index (χ0v) is 14.0. The maximum absolute atomic E-state index is 6.03. The molecule has 2 N–H and O–H groups in total. The van der Waals surface area contributed by atoms with Gasteiger partial charge in [0.05, 0.1) is 7.11 Å². The Kier molecular flexibility index (Phi) is 5.60. The van der Waals surface area contributed by atoms with E-state index in [1.165, 1.54) is 5.56 Å². The van der Waals surface area contributed by atoms with Crippen molar-refractivity contribution < 1.29 is 4.74 Å². The number of likely N-dealkylation sites (N-methyl/N-ethyl adjacent to an activating group) is 1. The van der Waals surface area contributed by atoms with Crippen LogP contribution in [-0.2, 0) is 0 Å². The fourth-order valence-electron chi connectivity index (χ4n) is 2.53. The molecule has 20 heavy (non-hydrogen) atoms. The highest BCUT2D eigenvalue weighted by Gasteiger charge is 2.28. The molecule has 1 rings (SSSR count). The van der Waals surface area contributed by atoms with E-state index in [4.69, 9.17) is 10.5 Å². The van der Waals surface area contributed by atoms with Gasteiger partial charge in [0.25, 0.3) is 0 Å². The maximum Gasteiger partial charge on any atom is 0.121 e. The summed E-state index contributed by atoms with van der Waals surface area (Å²) in [4.78, 5) is 2.38. The summed E-state index contributed by atoms with van der Waals surface area (Å²) in [5, 5.41) is 0. The lowest BCUT2D eigenvalue weighted by atomic mass is 9.85. The molecule has 0 bridgehead atoms. The van der Waals surface area contributed by atoms with Crippen LogP contribution < -0.4 is 10.5 Å². The Morgan fingerprint density at radius 3 is 2.30 bits per heavy atom. The molecule has 0 spiro atoms. The van der Waals surface area contributed by atoms with Crippen molar-refractivity contribution in [3.05, 3.63) is 29.3 Å². The summed E-state index contributed by atoms with van der Waals surface area (Å²) in [6.45, 7) is 11.7. The van der Waals surface area contributed by atoms with Gasteiger partial charge in [-0.3, -0.25) is 4.90 Å². The Morgan fingerprint density at radius 2 is 1.90 bits per heavy atom. The van der Waals surface area contributed by atoms with Crippen LogP contribution in [0.4, 0.5) is 0 Å². The Hall–Kier alpha value is -1.06. The van der Waals surface area contributed by atoms with Gasteiger partial charge in [-0.05, 0) is 43.5 Å². The number of benzene rings is 1. The minimum atomic E-state index is 0.226. The molecule has 0 aliphatic carbocycles. The van der Waals surface area contributed by atoms with Gasteiger partial charge in [0, 0.05) is 18.6 Å². The van der Waals surface area contributed by atoms with E-state index >= 15 is 0 Å². The lowest BCUT2D eigenvalue weighted by Gasteiger charge is -2.40. The fourth-order valence-corrected chi connectivity index (χ4v) is 2.53. The van der Waals surface area contributed by atoms with Gasteiger partial charge in [0.2, 0.25) is 0 Å². The highest BCUT2D eigenvalue weighted by molar-refractivity contribution is 5.37. The van der Waals surface area contributed by atoms with Crippen LogP contribution in [0.5, 0.6) is 5.75 Å². The second kappa shape index (κ2) is 6.59. The second-order valence-corrected chi connectivity index (χ2v) is 6.69. The smallest absolute Gasteiger partial charge is 0.121 e. The first-order chi connectivity index (χ1) is 9.22. The van der Waals surface area contributed by atoms with Crippen molar-refractivity contribution in [2.75, 3.05) is 20.7 Å². The second-order valence-electron chi connectivity index (χ2n) is 6.69. The van der Waals surface area contributed by atoms with Gasteiger partial charge < -0.3 is 10.5 Å². The molecular weight excluding hydrogens is 248 g/mol. The van der Waals surface area contributed by atoms with Crippen molar-refractivity contribution in [1.29, 1.82) is 0 Å². The van der Waals surface area contributed by atoms with Crippen LogP contribution in [0.3, 0.4) is 0 Å². The van der Waals surface area contributed by atoms with E-state index in [-0.39, 0.29) is 11.5 Å². The molecular formula is C17H30N2O. The Labute approximate surface area is 124 Å². The highest BCUT2D eigenvalue weighted by atomic mass is 16.5. The molecule has 0 aliphatic heterocycles. The van der Waals surface area contributed by atoms with Crippen LogP contribution in [-0.4, -0.2) is 31.6 Å². The van der Waals surface area contributed by atoms with Crippen molar-refractivity contribution in [3.63, 3.8) is 0 Å². The number of rotatable bonds is 5. The fraction of sp³-hybridized carbons (Fsp3) is 0.647. The molecule has 0 heterocycles. The van der Waals surface area contributed by atoms with E-state index in [1.807, 2.05) is 6.07 Å². The van der Waals surface area contributed by atoms with Crippen LogP contribution in [0, 0.1) is 12.3 Å². The summed E-state index contributed by atoms with van der Waals surface area (Å²) in [7, 11) is 3.86. The van der Waals surface area contributed by atoms with Crippen molar-refractivity contribution in [3.8, 4) is 5.75 Å². The van der Waals surface area contributed by atoms with Gasteiger partial charge in [0.1, 0.15) is 5.75 Å². The molecule has 1 aromatic carbocycles. The first-order valence-electron chi connectivity index (χ1n) is 7.29. The number of hydrogen-bond acceptors (Lipinski definition) is 3. The molecule has 3 heteroatoms. The molecule has 3 nitrogen and oxygen atoms in total. The van der Waals surface area contributed by atoms with Crippen molar-refractivity contribution in [1.82, 2.24) is 4.90 Å². The Balaban J connectivity index is 3.04. The van der Waals surface area contributed by atoms with E-state index in [9.17, 15) is 0 Å². The van der Waals surface area contributed by atoms with Crippen LogP contribution in [0.1, 0.15) is 44.9 Å².